The van der Waals surface area contributed by atoms with E-state index in [1.165, 1.54) is 38.0 Å². The normalized spacial score (nSPS) is 40.8. The van der Waals surface area contributed by atoms with Gasteiger partial charge in [-0.15, -0.1) is 0 Å². The van der Waals surface area contributed by atoms with Crippen LogP contribution in [0.1, 0.15) is 67.2 Å². The van der Waals surface area contributed by atoms with E-state index in [1.54, 1.807) is 0 Å². The van der Waals surface area contributed by atoms with Gasteiger partial charge in [0.15, 0.2) is 13.5 Å². The van der Waals surface area contributed by atoms with Gasteiger partial charge in [0.1, 0.15) is 0 Å². The van der Waals surface area contributed by atoms with Crippen molar-refractivity contribution in [2.45, 2.75) is 111 Å². The Balaban J connectivity index is 1.37. The smallest absolute Gasteiger partial charge is 0.188 e. The van der Waals surface area contributed by atoms with Gasteiger partial charge in [-0.25, -0.2) is 0 Å². The van der Waals surface area contributed by atoms with Gasteiger partial charge in [0.2, 0.25) is 0 Å². The summed E-state index contributed by atoms with van der Waals surface area (Å²) >= 11 is 0. The van der Waals surface area contributed by atoms with Crippen molar-refractivity contribution in [3.8, 4) is 0 Å². The highest BCUT2D eigenvalue weighted by Crippen LogP contribution is 2.69. The molecule has 0 N–H and O–H groups in total. The maximum Gasteiger partial charge on any atom is 0.188 e. The van der Waals surface area contributed by atoms with Gasteiger partial charge in [-0.1, -0.05) is 98.1 Å². The zero-order valence-electron chi connectivity index (χ0n) is 23.3. The summed E-state index contributed by atoms with van der Waals surface area (Å²) in [7, 11) is -1.02. The van der Waals surface area contributed by atoms with Gasteiger partial charge < -0.3 is 9.47 Å². The quantitative estimate of drug-likeness (QED) is 0.137. The van der Waals surface area contributed by atoms with Crippen LogP contribution < -0.4 is 0 Å². The summed E-state index contributed by atoms with van der Waals surface area (Å²) in [5.74, 6) is 7.31. The summed E-state index contributed by atoms with van der Waals surface area (Å²) in [6.07, 6.45) is 11.4. The number of rotatable bonds is 10. The number of hydrogen-bond donors (Lipinski definition) is 0. The van der Waals surface area contributed by atoms with Crippen LogP contribution in [0.2, 0.25) is 43.6 Å². The van der Waals surface area contributed by atoms with Crippen LogP contribution >= 0.6 is 0 Å². The number of ether oxygens (including phenoxy) is 2. The second-order valence-corrected chi connectivity index (χ2v) is 20.6. The summed E-state index contributed by atoms with van der Waals surface area (Å²) in [4.78, 5) is 0. The molecule has 0 radical (unpaired) electrons. The van der Waals surface area contributed by atoms with Crippen molar-refractivity contribution in [3.05, 3.63) is 12.3 Å². The van der Waals surface area contributed by atoms with E-state index >= 15 is 0 Å². The molecular weight excluding hydrogens is 419 g/mol. The summed E-state index contributed by atoms with van der Waals surface area (Å²) < 4.78 is 11.5. The van der Waals surface area contributed by atoms with Crippen molar-refractivity contribution < 1.29 is 9.47 Å². The average molecular weight is 473 g/mol. The Bertz CT molecular complexity index is 669. The van der Waals surface area contributed by atoms with Crippen molar-refractivity contribution in [2.75, 3.05) is 13.4 Å². The first-order valence-electron chi connectivity index (χ1n) is 14.2. The van der Waals surface area contributed by atoms with E-state index in [2.05, 4.69) is 67.3 Å². The fourth-order valence-corrected chi connectivity index (χ4v) is 9.74. The molecule has 6 aliphatic carbocycles. The lowest BCUT2D eigenvalue weighted by Gasteiger charge is -2.66. The number of allylic oxidation sites excluding steroid dienone is 1. The molecular formula is C29H53BO2Si. The molecule has 0 aromatic rings. The number of fused-ring (bicyclic) bond motifs is 4. The molecule has 6 rings (SSSR count). The second kappa shape index (κ2) is 9.34. The Morgan fingerprint density at radius 1 is 0.848 bits per heavy atom. The van der Waals surface area contributed by atoms with Gasteiger partial charge in [-0.3, -0.25) is 0 Å². The third kappa shape index (κ3) is 4.91. The van der Waals surface area contributed by atoms with Gasteiger partial charge in [0.05, 0.1) is 6.26 Å². The molecule has 0 aromatic carbocycles. The molecule has 4 heteroatoms. The molecule has 6 fully saturated rings. The molecule has 2 nitrogen and oxygen atoms in total. The summed E-state index contributed by atoms with van der Waals surface area (Å²) in [5.41, 5.74) is 1.16. The van der Waals surface area contributed by atoms with Crippen LogP contribution in [0.4, 0.5) is 0 Å². The van der Waals surface area contributed by atoms with Crippen LogP contribution in [-0.2, 0) is 9.47 Å². The van der Waals surface area contributed by atoms with Gasteiger partial charge in [0, 0.05) is 14.7 Å². The zero-order valence-corrected chi connectivity index (χ0v) is 24.3. The SMILES string of the molecule is C[C@@H]1[C@@H](B(C/C=C\OCOCC[Si](C)(C)C)[C@H]2C[C@H]3C[C@@H]([C@@H]2C)C3(C)C)C[C@H]2C[C@@H]1C2(C)C. The lowest BCUT2D eigenvalue weighted by molar-refractivity contribution is -0.107. The van der Waals surface area contributed by atoms with Crippen molar-refractivity contribution in [3.63, 3.8) is 0 Å². The highest BCUT2D eigenvalue weighted by atomic mass is 28.3. The highest BCUT2D eigenvalue weighted by Gasteiger charge is 2.62. The fourth-order valence-electron chi connectivity index (χ4n) is 8.98. The molecule has 8 atom stereocenters. The van der Waals surface area contributed by atoms with Crippen LogP contribution in [0.3, 0.4) is 0 Å². The van der Waals surface area contributed by atoms with Gasteiger partial charge >= 0.3 is 0 Å². The molecule has 0 heterocycles. The van der Waals surface area contributed by atoms with Gasteiger partial charge in [0.25, 0.3) is 0 Å². The minimum atomic E-state index is -1.02. The maximum atomic E-state index is 5.77. The third-order valence-corrected chi connectivity index (χ3v) is 13.4. The van der Waals surface area contributed by atoms with E-state index in [0.717, 1.165) is 60.5 Å². The molecule has 33 heavy (non-hydrogen) atoms. The lowest BCUT2D eigenvalue weighted by Crippen LogP contribution is -2.59. The largest absolute Gasteiger partial charge is 0.476 e. The van der Waals surface area contributed by atoms with Crippen molar-refractivity contribution in [2.24, 2.45) is 46.3 Å². The Morgan fingerprint density at radius 3 is 1.79 bits per heavy atom. The van der Waals surface area contributed by atoms with Crippen molar-refractivity contribution in [1.29, 1.82) is 0 Å². The molecule has 4 bridgehead atoms. The molecule has 188 valence electrons. The van der Waals surface area contributed by atoms with E-state index in [4.69, 9.17) is 9.47 Å². The Morgan fingerprint density at radius 2 is 1.36 bits per heavy atom. The summed E-state index contributed by atoms with van der Waals surface area (Å²) in [6.45, 7) is 24.6. The van der Waals surface area contributed by atoms with Crippen molar-refractivity contribution in [1.82, 2.24) is 0 Å². The first-order chi connectivity index (χ1) is 15.3. The molecule has 6 aliphatic rings. The zero-order chi connectivity index (χ0) is 24.2. The van der Waals surface area contributed by atoms with E-state index in [1.807, 2.05) is 6.26 Å². The predicted molar refractivity (Wildman–Crippen MR) is 146 cm³/mol. The van der Waals surface area contributed by atoms with E-state index in [-0.39, 0.29) is 0 Å². The Hall–Kier alpha value is -0.218. The maximum absolute atomic E-state index is 5.77. The minimum Gasteiger partial charge on any atom is -0.476 e. The third-order valence-electron chi connectivity index (χ3n) is 11.7. The van der Waals surface area contributed by atoms with Crippen LogP contribution in [0, 0.1) is 46.3 Å². The van der Waals surface area contributed by atoms with Crippen molar-refractivity contribution >= 4 is 14.8 Å². The van der Waals surface area contributed by atoms with E-state index in [9.17, 15) is 0 Å². The standard InChI is InChI=1S/C29H53BO2Si/c1-20-24-15-22(28(24,3)4)17-26(20)30(11-10-12-31-19-32-13-14-33(7,8)9)27-18-23-16-25(21(27)2)29(23,5)6/h10,12,20-27H,11,13-19H2,1-9H3/b12-10-/t20-,21-,22+,23+,24-,25-,26-,27-/m0/s1. The van der Waals surface area contributed by atoms with Crippen LogP contribution in [-0.4, -0.2) is 28.2 Å². The molecule has 6 saturated carbocycles. The summed E-state index contributed by atoms with van der Waals surface area (Å²) in [6, 6.07) is 1.21. The fraction of sp³-hybridized carbons (Fsp3) is 0.931. The molecule has 0 aromatic heterocycles. The van der Waals surface area contributed by atoms with E-state index < -0.39 is 8.07 Å². The monoisotopic (exact) mass is 472 g/mol. The van der Waals surface area contributed by atoms with Crippen LogP contribution in [0.5, 0.6) is 0 Å². The molecule has 0 aliphatic heterocycles. The Labute approximate surface area is 207 Å². The second-order valence-electron chi connectivity index (χ2n) is 15.0. The van der Waals surface area contributed by atoms with E-state index in [0.29, 0.717) is 17.6 Å². The minimum absolute atomic E-state index is 0.405. The predicted octanol–water partition coefficient (Wildman–Crippen LogP) is 8.47. The topological polar surface area (TPSA) is 18.5 Å². The first kappa shape index (κ1) is 25.9. The molecule has 0 spiro atoms. The van der Waals surface area contributed by atoms with Crippen LogP contribution in [0.25, 0.3) is 0 Å². The van der Waals surface area contributed by atoms with Gasteiger partial charge in [-0.2, -0.15) is 0 Å². The highest BCUT2D eigenvalue weighted by molar-refractivity contribution is 6.76. The summed E-state index contributed by atoms with van der Waals surface area (Å²) in [5, 5.41) is 0. The lowest BCUT2D eigenvalue weighted by atomic mass is 9.20. The Kier molecular flexibility index (Phi) is 7.32. The first-order valence-corrected chi connectivity index (χ1v) is 17.9. The molecule has 0 unspecified atom stereocenters. The van der Waals surface area contributed by atoms with Gasteiger partial charge in [-0.05, 0) is 65.2 Å². The average Bonchev–Trinajstić information content (AvgIpc) is 2.72. The number of hydrogen-bond acceptors (Lipinski definition) is 2. The van der Waals surface area contributed by atoms with Crippen LogP contribution in [0.15, 0.2) is 12.3 Å². The molecule has 0 saturated heterocycles. The molecule has 0 amide bonds.